The Bertz CT molecular complexity index is 1210. The van der Waals surface area contributed by atoms with E-state index < -0.39 is 5.91 Å². The number of likely N-dealkylation sites (tertiary alicyclic amines) is 1. The van der Waals surface area contributed by atoms with Crippen molar-refractivity contribution in [1.29, 1.82) is 5.26 Å². The van der Waals surface area contributed by atoms with Crippen LogP contribution in [0.4, 0.5) is 0 Å². The number of primary amides is 1. The normalized spacial score (nSPS) is 15.1. The number of imidazole rings is 1. The lowest BCUT2D eigenvalue weighted by Crippen LogP contribution is -2.40. The number of hydrogen-bond donors (Lipinski definition) is 2. The molecule has 3 aromatic rings. The smallest absolute Gasteiger partial charge is 0.264 e. The first-order valence-corrected chi connectivity index (χ1v) is 11.4. The van der Waals surface area contributed by atoms with E-state index in [2.05, 4.69) is 45.8 Å². The molecule has 1 saturated heterocycles. The first-order chi connectivity index (χ1) is 16.5. The average molecular weight is 456 g/mol. The van der Waals surface area contributed by atoms with E-state index >= 15 is 0 Å². The number of benzene rings is 2. The van der Waals surface area contributed by atoms with Crippen LogP contribution in [-0.4, -0.2) is 45.3 Å². The second-order valence-corrected chi connectivity index (χ2v) is 8.59. The molecule has 0 aliphatic carbocycles. The molecule has 0 bridgehead atoms. The van der Waals surface area contributed by atoms with Crippen molar-refractivity contribution in [3.63, 3.8) is 0 Å². The minimum absolute atomic E-state index is 0.216. The van der Waals surface area contributed by atoms with Gasteiger partial charge in [-0.05, 0) is 32.3 Å². The third kappa shape index (κ3) is 5.16. The first-order valence-electron chi connectivity index (χ1n) is 11.4. The predicted octanol–water partition coefficient (Wildman–Crippen LogP) is 3.27. The highest BCUT2D eigenvalue weighted by atomic mass is 16.1. The number of nitrogens with one attached hydrogen (secondary N) is 1. The van der Waals surface area contributed by atoms with Gasteiger partial charge in [0.05, 0.1) is 5.69 Å². The largest absolute Gasteiger partial charge is 0.365 e. The molecular formula is C26H29N7O. The number of amides is 1. The highest BCUT2D eigenvalue weighted by molar-refractivity contribution is 6.37. The zero-order chi connectivity index (χ0) is 24.1. The van der Waals surface area contributed by atoms with Crippen molar-refractivity contribution in [3.8, 4) is 28.7 Å². The summed E-state index contributed by atoms with van der Waals surface area (Å²) in [6.07, 6.45) is 4.01. The molecule has 4 rings (SSSR count). The van der Waals surface area contributed by atoms with E-state index in [1.54, 1.807) is 11.6 Å². The Kier molecular flexibility index (Phi) is 7.04. The Morgan fingerprint density at radius 1 is 1.15 bits per heavy atom. The van der Waals surface area contributed by atoms with Crippen molar-refractivity contribution in [3.05, 3.63) is 66.0 Å². The molecule has 0 saturated carbocycles. The molecule has 8 heteroatoms. The minimum Gasteiger partial charge on any atom is -0.365 e. The summed E-state index contributed by atoms with van der Waals surface area (Å²) in [7, 11) is 0. The predicted molar refractivity (Wildman–Crippen MR) is 133 cm³/mol. The standard InChI is InChI=1S/C26H29N7O/c1-18(26(28)34)31-33-19(2)30-24(25(33)22-6-4-3-5-7-22)21-10-8-20(9-11-21)16-32-14-12-23(13-15-32)29-17-27/h3-11,23,29H,12-16H2,1-2H3,(H2,28,34)/b31-18+. The van der Waals surface area contributed by atoms with Gasteiger partial charge in [-0.1, -0.05) is 54.6 Å². The van der Waals surface area contributed by atoms with Crippen molar-refractivity contribution in [1.82, 2.24) is 19.9 Å². The van der Waals surface area contributed by atoms with Gasteiger partial charge in [-0.25, -0.2) is 9.66 Å². The van der Waals surface area contributed by atoms with Gasteiger partial charge in [0.15, 0.2) is 6.19 Å². The molecule has 0 spiro atoms. The molecule has 0 radical (unpaired) electrons. The highest BCUT2D eigenvalue weighted by Crippen LogP contribution is 2.33. The van der Waals surface area contributed by atoms with Gasteiger partial charge in [0, 0.05) is 36.8 Å². The summed E-state index contributed by atoms with van der Waals surface area (Å²) in [5.41, 5.74) is 10.4. The fraction of sp³-hybridized carbons (Fsp3) is 0.308. The molecule has 1 aliphatic rings. The number of nitrogens with zero attached hydrogens (tertiary/aromatic N) is 5. The molecule has 1 amide bonds. The summed E-state index contributed by atoms with van der Waals surface area (Å²) in [5, 5.41) is 16.1. The van der Waals surface area contributed by atoms with Crippen LogP contribution in [0.5, 0.6) is 0 Å². The summed E-state index contributed by atoms with van der Waals surface area (Å²) in [6.45, 7) is 6.29. The average Bonchev–Trinajstić information content (AvgIpc) is 3.17. The van der Waals surface area contributed by atoms with Gasteiger partial charge in [-0.3, -0.25) is 9.69 Å². The second-order valence-electron chi connectivity index (χ2n) is 8.59. The quantitative estimate of drug-likeness (QED) is 0.323. The number of hydrogen-bond acceptors (Lipinski definition) is 6. The summed E-state index contributed by atoms with van der Waals surface area (Å²) in [5.74, 6) is 0.109. The molecule has 3 N–H and O–H groups in total. The van der Waals surface area contributed by atoms with Crippen molar-refractivity contribution >= 4 is 11.6 Å². The van der Waals surface area contributed by atoms with Crippen molar-refractivity contribution in [2.75, 3.05) is 13.1 Å². The van der Waals surface area contributed by atoms with Crippen LogP contribution in [-0.2, 0) is 11.3 Å². The number of nitrogens with two attached hydrogens (primary N) is 1. The maximum absolute atomic E-state index is 11.6. The number of rotatable bonds is 7. The van der Waals surface area contributed by atoms with E-state index in [9.17, 15) is 4.79 Å². The molecule has 174 valence electrons. The molecular weight excluding hydrogens is 426 g/mol. The van der Waals surface area contributed by atoms with E-state index in [0.29, 0.717) is 11.9 Å². The molecule has 2 heterocycles. The summed E-state index contributed by atoms with van der Waals surface area (Å²) in [4.78, 5) is 18.8. The summed E-state index contributed by atoms with van der Waals surface area (Å²) >= 11 is 0. The zero-order valence-electron chi connectivity index (χ0n) is 19.5. The topological polar surface area (TPSA) is 112 Å². The van der Waals surface area contributed by atoms with Crippen LogP contribution in [0.15, 0.2) is 59.7 Å². The van der Waals surface area contributed by atoms with Crippen LogP contribution in [0.25, 0.3) is 22.5 Å². The lowest BCUT2D eigenvalue weighted by molar-refractivity contribution is -0.112. The molecule has 2 aromatic carbocycles. The summed E-state index contributed by atoms with van der Waals surface area (Å²) in [6, 6.07) is 18.6. The van der Waals surface area contributed by atoms with Gasteiger partial charge in [0.1, 0.15) is 17.2 Å². The van der Waals surface area contributed by atoms with Gasteiger partial charge in [0.2, 0.25) is 0 Å². The monoisotopic (exact) mass is 455 g/mol. The number of carbonyl (C=O) groups is 1. The van der Waals surface area contributed by atoms with Crippen molar-refractivity contribution in [2.24, 2.45) is 10.8 Å². The van der Waals surface area contributed by atoms with Crippen LogP contribution in [0.2, 0.25) is 0 Å². The molecule has 0 atom stereocenters. The number of piperidine rings is 1. The third-order valence-corrected chi connectivity index (χ3v) is 6.16. The first kappa shape index (κ1) is 23.2. The number of nitriles is 1. The Balaban J connectivity index is 1.61. The Morgan fingerprint density at radius 3 is 2.44 bits per heavy atom. The van der Waals surface area contributed by atoms with Gasteiger partial charge in [0.25, 0.3) is 5.91 Å². The molecule has 1 aromatic heterocycles. The van der Waals surface area contributed by atoms with Crippen LogP contribution in [0.1, 0.15) is 31.2 Å². The third-order valence-electron chi connectivity index (χ3n) is 6.16. The Hall–Kier alpha value is -3.96. The minimum atomic E-state index is -0.564. The van der Waals surface area contributed by atoms with E-state index in [-0.39, 0.29) is 5.71 Å². The Morgan fingerprint density at radius 2 is 1.82 bits per heavy atom. The molecule has 1 aliphatic heterocycles. The SMILES string of the molecule is C/C(=N\n1c(C)nc(-c2ccc(CN3CCC(NC#N)CC3)cc2)c1-c1ccccc1)C(N)=O. The van der Waals surface area contributed by atoms with Gasteiger partial charge in [-0.2, -0.15) is 10.4 Å². The number of aryl methyl sites for hydroxylation is 1. The maximum Gasteiger partial charge on any atom is 0.264 e. The highest BCUT2D eigenvalue weighted by Gasteiger charge is 2.20. The number of aromatic nitrogens is 2. The fourth-order valence-corrected chi connectivity index (χ4v) is 4.26. The van der Waals surface area contributed by atoms with E-state index in [1.165, 1.54) is 5.56 Å². The zero-order valence-corrected chi connectivity index (χ0v) is 19.5. The van der Waals surface area contributed by atoms with Crippen LogP contribution < -0.4 is 11.1 Å². The fourth-order valence-electron chi connectivity index (χ4n) is 4.26. The van der Waals surface area contributed by atoms with Gasteiger partial charge in [-0.15, -0.1) is 0 Å². The summed E-state index contributed by atoms with van der Waals surface area (Å²) < 4.78 is 1.69. The van der Waals surface area contributed by atoms with E-state index in [1.807, 2.05) is 37.3 Å². The molecule has 8 nitrogen and oxygen atoms in total. The van der Waals surface area contributed by atoms with Crippen molar-refractivity contribution in [2.45, 2.75) is 39.3 Å². The van der Waals surface area contributed by atoms with E-state index in [0.717, 1.165) is 55.0 Å². The number of carbonyl (C=O) groups excluding carboxylic acids is 1. The lowest BCUT2D eigenvalue weighted by atomic mass is 10.0. The van der Waals surface area contributed by atoms with E-state index in [4.69, 9.17) is 16.0 Å². The van der Waals surface area contributed by atoms with Gasteiger partial charge < -0.3 is 11.1 Å². The van der Waals surface area contributed by atoms with Gasteiger partial charge >= 0.3 is 0 Å². The van der Waals surface area contributed by atoms with Crippen molar-refractivity contribution < 1.29 is 4.79 Å². The van der Waals surface area contributed by atoms with Crippen LogP contribution >= 0.6 is 0 Å². The molecule has 0 unspecified atom stereocenters. The molecule has 1 fully saturated rings. The second kappa shape index (κ2) is 10.3. The molecule has 34 heavy (non-hydrogen) atoms. The van der Waals surface area contributed by atoms with Crippen LogP contribution in [0.3, 0.4) is 0 Å². The maximum atomic E-state index is 11.6. The van der Waals surface area contributed by atoms with Crippen LogP contribution in [0, 0.1) is 18.4 Å². The Labute approximate surface area is 199 Å². The lowest BCUT2D eigenvalue weighted by Gasteiger charge is -2.31.